The molecule has 0 aliphatic rings. The standard InChI is InChI=1S/C16H15FN2O3S/c1-3-18(12-6-4-11(17)5-7-12)16(20)14-10-13(23-2)8-9-15(14)19(21)22/h4-10H,3H2,1-2H3. The topological polar surface area (TPSA) is 63.5 Å². The highest BCUT2D eigenvalue weighted by Gasteiger charge is 2.25. The molecule has 0 aliphatic heterocycles. The summed E-state index contributed by atoms with van der Waals surface area (Å²) in [4.78, 5) is 25.5. The number of rotatable bonds is 5. The minimum absolute atomic E-state index is 0.0213. The average Bonchev–Trinajstić information content (AvgIpc) is 2.56. The van der Waals surface area contributed by atoms with Crippen molar-refractivity contribution in [2.75, 3.05) is 17.7 Å². The van der Waals surface area contributed by atoms with Gasteiger partial charge in [-0.2, -0.15) is 0 Å². The quantitative estimate of drug-likeness (QED) is 0.469. The van der Waals surface area contributed by atoms with Crippen LogP contribution < -0.4 is 4.90 Å². The molecule has 0 heterocycles. The van der Waals surface area contributed by atoms with Gasteiger partial charge in [0.15, 0.2) is 0 Å². The molecule has 0 aliphatic carbocycles. The fourth-order valence-electron chi connectivity index (χ4n) is 2.18. The number of amides is 1. The van der Waals surface area contributed by atoms with Crippen LogP contribution in [-0.4, -0.2) is 23.6 Å². The lowest BCUT2D eigenvalue weighted by atomic mass is 10.1. The van der Waals surface area contributed by atoms with Crippen LogP contribution in [-0.2, 0) is 0 Å². The molecule has 0 unspecified atom stereocenters. The van der Waals surface area contributed by atoms with Gasteiger partial charge in [-0.1, -0.05) is 0 Å². The normalized spacial score (nSPS) is 10.4. The molecule has 2 rings (SSSR count). The Morgan fingerprint density at radius 1 is 1.26 bits per heavy atom. The van der Waals surface area contributed by atoms with Crippen molar-refractivity contribution in [1.82, 2.24) is 0 Å². The maximum absolute atomic E-state index is 13.1. The van der Waals surface area contributed by atoms with Crippen LogP contribution in [0.1, 0.15) is 17.3 Å². The van der Waals surface area contributed by atoms with E-state index in [4.69, 9.17) is 0 Å². The number of hydrogen-bond donors (Lipinski definition) is 0. The highest BCUT2D eigenvalue weighted by Crippen LogP contribution is 2.27. The van der Waals surface area contributed by atoms with E-state index in [-0.39, 0.29) is 11.3 Å². The molecule has 120 valence electrons. The monoisotopic (exact) mass is 334 g/mol. The van der Waals surface area contributed by atoms with Gasteiger partial charge in [-0.3, -0.25) is 14.9 Å². The third-order valence-corrected chi connectivity index (χ3v) is 4.06. The first-order valence-electron chi connectivity index (χ1n) is 6.87. The van der Waals surface area contributed by atoms with Gasteiger partial charge < -0.3 is 4.90 Å². The third kappa shape index (κ3) is 3.68. The number of hydrogen-bond acceptors (Lipinski definition) is 4. The Kier molecular flexibility index (Phi) is 5.33. The van der Waals surface area contributed by atoms with Gasteiger partial charge >= 0.3 is 0 Å². The van der Waals surface area contributed by atoms with Gasteiger partial charge in [0.2, 0.25) is 0 Å². The summed E-state index contributed by atoms with van der Waals surface area (Å²) < 4.78 is 13.1. The van der Waals surface area contributed by atoms with Crippen LogP contribution in [0.3, 0.4) is 0 Å². The molecule has 5 nitrogen and oxygen atoms in total. The van der Waals surface area contributed by atoms with Gasteiger partial charge in [-0.25, -0.2) is 4.39 Å². The number of nitro benzene ring substituents is 1. The Hall–Kier alpha value is -2.41. The molecule has 2 aromatic rings. The van der Waals surface area contributed by atoms with Crippen LogP contribution in [0.4, 0.5) is 15.8 Å². The molecule has 0 N–H and O–H groups in total. The molecule has 2 aromatic carbocycles. The largest absolute Gasteiger partial charge is 0.308 e. The van der Waals surface area contributed by atoms with Crippen LogP contribution in [0.5, 0.6) is 0 Å². The Labute approximate surface area is 137 Å². The summed E-state index contributed by atoms with van der Waals surface area (Å²) in [5, 5.41) is 11.2. The van der Waals surface area contributed by atoms with E-state index < -0.39 is 16.6 Å². The Morgan fingerprint density at radius 2 is 1.91 bits per heavy atom. The summed E-state index contributed by atoms with van der Waals surface area (Å²) in [5.41, 5.74) is 0.268. The van der Waals surface area contributed by atoms with Gasteiger partial charge in [0.25, 0.3) is 11.6 Å². The zero-order valence-electron chi connectivity index (χ0n) is 12.7. The Balaban J connectivity index is 2.48. The number of halogens is 1. The second kappa shape index (κ2) is 7.23. The van der Waals surface area contributed by atoms with Gasteiger partial charge in [-0.15, -0.1) is 11.8 Å². The lowest BCUT2D eigenvalue weighted by Crippen LogP contribution is -2.31. The fraction of sp³-hybridized carbons (Fsp3) is 0.188. The van der Waals surface area contributed by atoms with E-state index in [0.29, 0.717) is 12.2 Å². The van der Waals surface area contributed by atoms with Gasteiger partial charge in [0, 0.05) is 23.2 Å². The molecule has 23 heavy (non-hydrogen) atoms. The van der Waals surface area contributed by atoms with Crippen LogP contribution in [0, 0.1) is 15.9 Å². The van der Waals surface area contributed by atoms with Crippen LogP contribution in [0.2, 0.25) is 0 Å². The highest BCUT2D eigenvalue weighted by atomic mass is 32.2. The molecule has 0 fully saturated rings. The Bertz CT molecular complexity index is 735. The van der Waals surface area contributed by atoms with Crippen LogP contribution in [0.25, 0.3) is 0 Å². The zero-order valence-corrected chi connectivity index (χ0v) is 13.5. The summed E-state index contributed by atoms with van der Waals surface area (Å²) in [6.45, 7) is 2.07. The molecular formula is C16H15FN2O3S. The number of carbonyl (C=O) groups is 1. The molecule has 0 spiro atoms. The maximum Gasteiger partial charge on any atom is 0.282 e. The second-order valence-corrected chi connectivity index (χ2v) is 5.55. The number of anilines is 1. The number of thioether (sulfide) groups is 1. The molecule has 0 bridgehead atoms. The lowest BCUT2D eigenvalue weighted by molar-refractivity contribution is -0.385. The van der Waals surface area contributed by atoms with E-state index >= 15 is 0 Å². The second-order valence-electron chi connectivity index (χ2n) is 4.67. The molecular weight excluding hydrogens is 319 g/mol. The van der Waals surface area contributed by atoms with E-state index in [1.165, 1.54) is 53.1 Å². The van der Waals surface area contributed by atoms with Crippen molar-refractivity contribution >= 4 is 29.0 Å². The average molecular weight is 334 g/mol. The van der Waals surface area contributed by atoms with E-state index in [0.717, 1.165) is 4.90 Å². The first-order valence-corrected chi connectivity index (χ1v) is 8.10. The summed E-state index contributed by atoms with van der Waals surface area (Å²) in [6.07, 6.45) is 1.83. The number of benzene rings is 2. The lowest BCUT2D eigenvalue weighted by Gasteiger charge is -2.21. The molecule has 0 atom stereocenters. The van der Waals surface area contributed by atoms with Gasteiger partial charge in [0.05, 0.1) is 4.92 Å². The maximum atomic E-state index is 13.1. The molecule has 7 heteroatoms. The summed E-state index contributed by atoms with van der Waals surface area (Å²) in [5.74, 6) is -0.894. The van der Waals surface area contributed by atoms with Crippen molar-refractivity contribution in [3.05, 3.63) is 64.0 Å². The zero-order chi connectivity index (χ0) is 17.0. The Morgan fingerprint density at radius 3 is 2.43 bits per heavy atom. The van der Waals surface area contributed by atoms with Gasteiger partial charge in [-0.05, 0) is 49.6 Å². The number of carbonyl (C=O) groups excluding carboxylic acids is 1. The van der Waals surface area contributed by atoms with Gasteiger partial charge in [0.1, 0.15) is 11.4 Å². The van der Waals surface area contributed by atoms with E-state index in [1.807, 2.05) is 6.26 Å². The first-order chi connectivity index (χ1) is 11.0. The summed E-state index contributed by atoms with van der Waals surface area (Å²) in [6, 6.07) is 9.89. The predicted molar refractivity (Wildman–Crippen MR) is 88.6 cm³/mol. The number of nitrogens with zero attached hydrogens (tertiary/aromatic N) is 2. The van der Waals surface area contributed by atoms with Crippen LogP contribution >= 0.6 is 11.8 Å². The van der Waals surface area contributed by atoms with Crippen molar-refractivity contribution in [3.63, 3.8) is 0 Å². The number of nitro groups is 1. The first kappa shape index (κ1) is 17.0. The van der Waals surface area contributed by atoms with E-state index in [2.05, 4.69) is 0 Å². The minimum atomic E-state index is -0.574. The molecule has 1 amide bonds. The van der Waals surface area contributed by atoms with Crippen molar-refractivity contribution in [2.45, 2.75) is 11.8 Å². The van der Waals surface area contributed by atoms with Crippen molar-refractivity contribution in [1.29, 1.82) is 0 Å². The SMILES string of the molecule is CCN(C(=O)c1cc(SC)ccc1[N+](=O)[O-])c1ccc(F)cc1. The smallest absolute Gasteiger partial charge is 0.282 e. The molecule has 0 aromatic heterocycles. The van der Waals surface area contributed by atoms with E-state index in [1.54, 1.807) is 13.0 Å². The highest BCUT2D eigenvalue weighted by molar-refractivity contribution is 7.98. The summed E-state index contributed by atoms with van der Waals surface area (Å²) in [7, 11) is 0. The molecule has 0 radical (unpaired) electrons. The predicted octanol–water partition coefficient (Wildman–Crippen LogP) is 4.12. The molecule has 0 saturated carbocycles. The van der Waals surface area contributed by atoms with Crippen molar-refractivity contribution in [2.24, 2.45) is 0 Å². The van der Waals surface area contributed by atoms with Crippen molar-refractivity contribution in [3.8, 4) is 0 Å². The third-order valence-electron chi connectivity index (χ3n) is 3.33. The van der Waals surface area contributed by atoms with E-state index in [9.17, 15) is 19.3 Å². The molecule has 0 saturated heterocycles. The van der Waals surface area contributed by atoms with Crippen LogP contribution in [0.15, 0.2) is 47.4 Å². The minimum Gasteiger partial charge on any atom is -0.308 e. The fourth-order valence-corrected chi connectivity index (χ4v) is 2.62. The summed E-state index contributed by atoms with van der Waals surface area (Å²) >= 11 is 1.39. The van der Waals surface area contributed by atoms with Crippen molar-refractivity contribution < 1.29 is 14.1 Å².